The van der Waals surface area contributed by atoms with Crippen LogP contribution in [0, 0.1) is 0 Å². The van der Waals surface area contributed by atoms with Gasteiger partial charge >= 0.3 is 0 Å². The second-order valence-electron chi connectivity index (χ2n) is 6.64. The van der Waals surface area contributed by atoms with E-state index in [0.29, 0.717) is 11.4 Å². The number of hydrogen-bond donors (Lipinski definition) is 0. The number of carbonyl (C=O) groups is 1. The fourth-order valence-electron chi connectivity index (χ4n) is 2.82. The van der Waals surface area contributed by atoms with Crippen LogP contribution in [0.4, 0.5) is 0 Å². The summed E-state index contributed by atoms with van der Waals surface area (Å²) in [5, 5.41) is 16.3. The highest BCUT2D eigenvalue weighted by Gasteiger charge is 2.03. The van der Waals surface area contributed by atoms with E-state index in [1.54, 1.807) is 48.1 Å². The number of benzene rings is 2. The first-order valence-corrected chi connectivity index (χ1v) is 9.68. The summed E-state index contributed by atoms with van der Waals surface area (Å²) in [6.45, 7) is 0. The molecule has 0 aliphatic rings. The lowest BCUT2D eigenvalue weighted by atomic mass is 10.2. The Balaban J connectivity index is 1.37. The predicted molar refractivity (Wildman–Crippen MR) is 119 cm³/mol. The number of ketones is 1. The fourth-order valence-corrected chi connectivity index (χ4v) is 2.82. The van der Waals surface area contributed by atoms with Gasteiger partial charge in [-0.05, 0) is 72.8 Å². The van der Waals surface area contributed by atoms with Gasteiger partial charge in [0.05, 0.1) is 38.0 Å². The lowest BCUT2D eigenvalue weighted by molar-refractivity contribution is -0.110. The van der Waals surface area contributed by atoms with Gasteiger partial charge in [0.1, 0.15) is 22.9 Å². The zero-order chi connectivity index (χ0) is 22.3. The standard InChI is InChI=1S/C23H20N6O3/c1-31-22-11-5-19(6-12-22)28-15-17(24-26-28)3-9-21(30)10-4-18-16-29(27-25-18)20-7-13-23(32-2)14-8-20/h3-16H,1-2H3/b9-3+,10-4+. The monoisotopic (exact) mass is 428 g/mol. The van der Waals surface area contributed by atoms with Gasteiger partial charge in [-0.2, -0.15) is 0 Å². The highest BCUT2D eigenvalue weighted by molar-refractivity contribution is 6.04. The second kappa shape index (κ2) is 9.52. The third kappa shape index (κ3) is 4.96. The summed E-state index contributed by atoms with van der Waals surface area (Å²) in [5.41, 5.74) is 2.80. The Labute approximate surface area is 184 Å². The quantitative estimate of drug-likeness (QED) is 0.398. The molecule has 0 radical (unpaired) electrons. The molecule has 0 atom stereocenters. The molecular weight excluding hydrogens is 408 g/mol. The Morgan fingerprint density at radius 2 is 1.12 bits per heavy atom. The summed E-state index contributed by atoms with van der Waals surface area (Å²) in [6.07, 6.45) is 9.52. The molecule has 4 rings (SSSR count). The zero-order valence-electron chi connectivity index (χ0n) is 17.5. The number of carbonyl (C=O) groups excluding carboxylic acids is 1. The van der Waals surface area contributed by atoms with Gasteiger partial charge < -0.3 is 9.47 Å². The SMILES string of the molecule is COc1ccc(-n2cc(/C=C/C(=O)/C=C/c3cn(-c4ccc(OC)cc4)nn3)nn2)cc1. The molecule has 2 aromatic carbocycles. The molecule has 9 heteroatoms. The van der Waals surface area contributed by atoms with Gasteiger partial charge in [0, 0.05) is 0 Å². The number of allylic oxidation sites excluding steroid dienone is 2. The molecule has 4 aromatic rings. The summed E-state index contributed by atoms with van der Waals surface area (Å²) in [7, 11) is 3.23. The van der Waals surface area contributed by atoms with Crippen molar-refractivity contribution in [2.45, 2.75) is 0 Å². The van der Waals surface area contributed by atoms with Crippen LogP contribution in [0.2, 0.25) is 0 Å². The molecular formula is C23H20N6O3. The van der Waals surface area contributed by atoms with Crippen LogP contribution in [0.25, 0.3) is 23.5 Å². The van der Waals surface area contributed by atoms with Gasteiger partial charge in [-0.25, -0.2) is 9.36 Å². The van der Waals surface area contributed by atoms with E-state index in [1.807, 2.05) is 48.5 Å². The topological polar surface area (TPSA) is 97.0 Å². The van der Waals surface area contributed by atoms with Crippen LogP contribution < -0.4 is 9.47 Å². The van der Waals surface area contributed by atoms with Gasteiger partial charge in [-0.15, -0.1) is 10.2 Å². The zero-order valence-corrected chi connectivity index (χ0v) is 17.5. The van der Waals surface area contributed by atoms with Gasteiger partial charge in [0.2, 0.25) is 0 Å². The van der Waals surface area contributed by atoms with E-state index in [0.717, 1.165) is 22.9 Å². The maximum Gasteiger partial charge on any atom is 0.178 e. The molecule has 0 fully saturated rings. The Morgan fingerprint density at radius 3 is 1.50 bits per heavy atom. The lowest BCUT2D eigenvalue weighted by Gasteiger charge is -2.01. The molecule has 0 aliphatic carbocycles. The molecule has 0 saturated carbocycles. The van der Waals surface area contributed by atoms with Crippen molar-refractivity contribution in [1.29, 1.82) is 0 Å². The van der Waals surface area contributed by atoms with Crippen molar-refractivity contribution in [3.63, 3.8) is 0 Å². The minimum Gasteiger partial charge on any atom is -0.497 e. The van der Waals surface area contributed by atoms with E-state index in [-0.39, 0.29) is 5.78 Å². The van der Waals surface area contributed by atoms with Gasteiger partial charge in [0.25, 0.3) is 0 Å². The van der Waals surface area contributed by atoms with Gasteiger partial charge in [-0.1, -0.05) is 10.4 Å². The first kappa shape index (κ1) is 20.7. The second-order valence-corrected chi connectivity index (χ2v) is 6.64. The van der Waals surface area contributed by atoms with E-state index in [2.05, 4.69) is 20.6 Å². The Kier molecular flexibility index (Phi) is 6.17. The Morgan fingerprint density at radius 1 is 0.719 bits per heavy atom. The fraction of sp³-hybridized carbons (Fsp3) is 0.0870. The van der Waals surface area contributed by atoms with Crippen molar-refractivity contribution < 1.29 is 14.3 Å². The number of aromatic nitrogens is 6. The van der Waals surface area contributed by atoms with Crippen molar-refractivity contribution >= 4 is 17.9 Å². The Bertz CT molecular complexity index is 1160. The van der Waals surface area contributed by atoms with Crippen LogP contribution in [-0.2, 0) is 4.79 Å². The number of ether oxygens (including phenoxy) is 2. The first-order chi connectivity index (χ1) is 15.6. The van der Waals surface area contributed by atoms with E-state index in [1.165, 1.54) is 12.2 Å². The molecule has 0 unspecified atom stereocenters. The highest BCUT2D eigenvalue weighted by atomic mass is 16.5. The van der Waals surface area contributed by atoms with Crippen molar-refractivity contribution in [3.05, 3.63) is 84.5 Å². The molecule has 0 N–H and O–H groups in total. The number of hydrogen-bond acceptors (Lipinski definition) is 7. The molecule has 0 amide bonds. The predicted octanol–water partition coefficient (Wildman–Crippen LogP) is 3.16. The molecule has 2 heterocycles. The summed E-state index contributed by atoms with van der Waals surface area (Å²) in [4.78, 5) is 12.2. The third-order valence-corrected chi connectivity index (χ3v) is 4.53. The Hall–Kier alpha value is -4.53. The molecule has 0 spiro atoms. The minimum atomic E-state index is -0.206. The lowest BCUT2D eigenvalue weighted by Crippen LogP contribution is -1.94. The molecule has 2 aromatic heterocycles. The molecule has 0 bridgehead atoms. The van der Waals surface area contributed by atoms with E-state index in [9.17, 15) is 4.79 Å². The number of nitrogens with zero attached hydrogens (tertiary/aromatic N) is 6. The maximum atomic E-state index is 12.2. The van der Waals surface area contributed by atoms with E-state index in [4.69, 9.17) is 9.47 Å². The van der Waals surface area contributed by atoms with Crippen LogP contribution in [0.5, 0.6) is 11.5 Å². The van der Waals surface area contributed by atoms with Crippen molar-refractivity contribution in [2.75, 3.05) is 14.2 Å². The highest BCUT2D eigenvalue weighted by Crippen LogP contribution is 2.15. The van der Waals surface area contributed by atoms with Crippen molar-refractivity contribution in [2.24, 2.45) is 0 Å². The van der Waals surface area contributed by atoms with E-state index >= 15 is 0 Å². The van der Waals surface area contributed by atoms with Crippen molar-refractivity contribution in [3.8, 4) is 22.9 Å². The molecule has 160 valence electrons. The molecule has 0 saturated heterocycles. The average molecular weight is 428 g/mol. The number of rotatable bonds is 8. The van der Waals surface area contributed by atoms with Crippen LogP contribution in [-0.4, -0.2) is 50.0 Å². The minimum absolute atomic E-state index is 0.206. The van der Waals surface area contributed by atoms with Crippen LogP contribution in [0.15, 0.2) is 73.1 Å². The summed E-state index contributed by atoms with van der Waals surface area (Å²) >= 11 is 0. The smallest absolute Gasteiger partial charge is 0.178 e. The molecule has 0 aliphatic heterocycles. The normalized spacial score (nSPS) is 11.3. The summed E-state index contributed by atoms with van der Waals surface area (Å²) < 4.78 is 13.5. The van der Waals surface area contributed by atoms with Crippen LogP contribution >= 0.6 is 0 Å². The summed E-state index contributed by atoms with van der Waals surface area (Å²) in [5.74, 6) is 1.31. The van der Waals surface area contributed by atoms with Crippen LogP contribution in [0.1, 0.15) is 11.4 Å². The molecule has 32 heavy (non-hydrogen) atoms. The van der Waals surface area contributed by atoms with Gasteiger partial charge in [0.15, 0.2) is 5.78 Å². The van der Waals surface area contributed by atoms with Crippen molar-refractivity contribution in [1.82, 2.24) is 30.0 Å². The maximum absolute atomic E-state index is 12.2. The first-order valence-electron chi connectivity index (χ1n) is 9.68. The van der Waals surface area contributed by atoms with Crippen LogP contribution in [0.3, 0.4) is 0 Å². The van der Waals surface area contributed by atoms with E-state index < -0.39 is 0 Å². The number of methoxy groups -OCH3 is 2. The average Bonchev–Trinajstić information content (AvgIpc) is 3.51. The third-order valence-electron chi connectivity index (χ3n) is 4.53. The van der Waals surface area contributed by atoms with Gasteiger partial charge in [-0.3, -0.25) is 4.79 Å². The largest absolute Gasteiger partial charge is 0.497 e. The molecule has 9 nitrogen and oxygen atoms in total. The summed E-state index contributed by atoms with van der Waals surface area (Å²) in [6, 6.07) is 14.8.